The Hall–Kier alpha value is -2.33. The zero-order valence-electron chi connectivity index (χ0n) is 17.7. The van der Waals surface area contributed by atoms with Crippen molar-refractivity contribution in [1.82, 2.24) is 4.90 Å². The van der Waals surface area contributed by atoms with E-state index >= 15 is 0 Å². The lowest BCUT2D eigenvalue weighted by Crippen LogP contribution is -2.39. The Balaban J connectivity index is 1.88. The van der Waals surface area contributed by atoms with Crippen molar-refractivity contribution in [1.29, 1.82) is 0 Å². The van der Waals surface area contributed by atoms with Crippen LogP contribution in [0.5, 0.6) is 0 Å². The van der Waals surface area contributed by atoms with E-state index in [0.717, 1.165) is 40.8 Å². The van der Waals surface area contributed by atoms with E-state index in [1.807, 2.05) is 24.1 Å². The molecule has 0 bridgehead atoms. The van der Waals surface area contributed by atoms with E-state index in [1.54, 1.807) is 7.11 Å². The lowest BCUT2D eigenvalue weighted by Gasteiger charge is -2.30. The number of benzene rings is 2. The van der Waals surface area contributed by atoms with Crippen molar-refractivity contribution in [2.75, 3.05) is 26.1 Å². The van der Waals surface area contributed by atoms with Gasteiger partial charge < -0.3 is 15.0 Å². The SMILES string of the molecule is CNc1ccc(-c2cccc3c2CN(C(CCC(C)(C)C)COC)C3=O)cc1. The molecule has 0 saturated carbocycles. The summed E-state index contributed by atoms with van der Waals surface area (Å²) in [5.74, 6) is 0.125. The first-order valence-electron chi connectivity index (χ1n) is 10.0. The van der Waals surface area contributed by atoms with Gasteiger partial charge in [0.05, 0.1) is 12.6 Å². The van der Waals surface area contributed by atoms with Gasteiger partial charge in [-0.25, -0.2) is 0 Å². The predicted octanol–water partition coefficient (Wildman–Crippen LogP) is 5.19. The van der Waals surface area contributed by atoms with Gasteiger partial charge in [-0.15, -0.1) is 0 Å². The van der Waals surface area contributed by atoms with Crippen LogP contribution in [0.25, 0.3) is 11.1 Å². The fraction of sp³-hybridized carbons (Fsp3) is 0.458. The molecule has 0 aliphatic carbocycles. The minimum atomic E-state index is 0.101. The fourth-order valence-corrected chi connectivity index (χ4v) is 3.86. The van der Waals surface area contributed by atoms with Crippen molar-refractivity contribution < 1.29 is 9.53 Å². The molecule has 1 N–H and O–H groups in total. The van der Waals surface area contributed by atoms with Gasteiger partial charge in [-0.1, -0.05) is 45.0 Å². The number of nitrogens with one attached hydrogen (secondary N) is 1. The van der Waals surface area contributed by atoms with E-state index < -0.39 is 0 Å². The minimum absolute atomic E-state index is 0.101. The Labute approximate surface area is 168 Å². The molecule has 0 spiro atoms. The molecule has 4 nitrogen and oxygen atoms in total. The first-order valence-corrected chi connectivity index (χ1v) is 10.0. The van der Waals surface area contributed by atoms with Crippen LogP contribution in [0.3, 0.4) is 0 Å². The van der Waals surface area contributed by atoms with Crippen molar-refractivity contribution in [3.05, 3.63) is 53.6 Å². The largest absolute Gasteiger partial charge is 0.388 e. The molecule has 2 aromatic rings. The van der Waals surface area contributed by atoms with Crippen LogP contribution in [0.4, 0.5) is 5.69 Å². The maximum Gasteiger partial charge on any atom is 0.254 e. The van der Waals surface area contributed by atoms with Gasteiger partial charge in [-0.05, 0) is 53.1 Å². The van der Waals surface area contributed by atoms with E-state index in [9.17, 15) is 4.79 Å². The predicted molar refractivity (Wildman–Crippen MR) is 116 cm³/mol. The molecule has 0 fully saturated rings. The van der Waals surface area contributed by atoms with Gasteiger partial charge in [0.25, 0.3) is 5.91 Å². The van der Waals surface area contributed by atoms with E-state index in [2.05, 4.69) is 56.4 Å². The molecule has 1 aliphatic rings. The molecule has 1 unspecified atom stereocenters. The number of rotatable bonds is 7. The first-order chi connectivity index (χ1) is 13.3. The molecular weight excluding hydrogens is 348 g/mol. The van der Waals surface area contributed by atoms with Gasteiger partial charge in [-0.2, -0.15) is 0 Å². The van der Waals surface area contributed by atoms with Crippen LogP contribution >= 0.6 is 0 Å². The summed E-state index contributed by atoms with van der Waals surface area (Å²) in [5, 5.41) is 3.15. The van der Waals surface area contributed by atoms with Gasteiger partial charge in [0, 0.05) is 32.0 Å². The number of hydrogen-bond donors (Lipinski definition) is 1. The third kappa shape index (κ3) is 4.39. The molecule has 28 heavy (non-hydrogen) atoms. The van der Waals surface area contributed by atoms with Gasteiger partial charge in [-0.3, -0.25) is 4.79 Å². The molecule has 0 radical (unpaired) electrons. The van der Waals surface area contributed by atoms with Crippen molar-refractivity contribution >= 4 is 11.6 Å². The Morgan fingerprint density at radius 1 is 1.11 bits per heavy atom. The molecule has 1 heterocycles. The van der Waals surface area contributed by atoms with Crippen molar-refractivity contribution in [3.63, 3.8) is 0 Å². The first kappa shape index (κ1) is 20.4. The number of fused-ring (bicyclic) bond motifs is 1. The average Bonchev–Trinajstić information content (AvgIpc) is 3.01. The summed E-state index contributed by atoms with van der Waals surface area (Å²) in [5.41, 5.74) is 5.55. The number of carbonyl (C=O) groups is 1. The lowest BCUT2D eigenvalue weighted by molar-refractivity contribution is 0.0511. The molecular formula is C24H32N2O2. The second kappa shape index (κ2) is 8.36. The van der Waals surface area contributed by atoms with Crippen LogP contribution in [0.15, 0.2) is 42.5 Å². The summed E-state index contributed by atoms with van der Waals surface area (Å²) >= 11 is 0. The molecule has 4 heteroatoms. The summed E-state index contributed by atoms with van der Waals surface area (Å²) in [6, 6.07) is 14.5. The summed E-state index contributed by atoms with van der Waals surface area (Å²) in [7, 11) is 3.63. The Kier molecular flexibility index (Phi) is 6.09. The zero-order valence-corrected chi connectivity index (χ0v) is 17.7. The summed E-state index contributed by atoms with van der Waals surface area (Å²) in [6.45, 7) is 7.94. The van der Waals surface area contributed by atoms with E-state index in [-0.39, 0.29) is 17.4 Å². The number of carbonyl (C=O) groups excluding carboxylic acids is 1. The number of anilines is 1. The van der Waals surface area contributed by atoms with Crippen molar-refractivity contribution in [2.45, 2.75) is 46.2 Å². The monoisotopic (exact) mass is 380 g/mol. The molecule has 2 aromatic carbocycles. The van der Waals surface area contributed by atoms with Gasteiger partial charge in [0.2, 0.25) is 0 Å². The lowest BCUT2D eigenvalue weighted by atomic mass is 9.88. The van der Waals surface area contributed by atoms with Crippen molar-refractivity contribution in [2.24, 2.45) is 5.41 Å². The Morgan fingerprint density at radius 2 is 1.79 bits per heavy atom. The van der Waals surface area contributed by atoms with E-state index in [4.69, 9.17) is 4.74 Å². The van der Waals surface area contributed by atoms with Gasteiger partial charge >= 0.3 is 0 Å². The number of ether oxygens (including phenoxy) is 1. The topological polar surface area (TPSA) is 41.6 Å². The molecule has 150 valence electrons. The highest BCUT2D eigenvalue weighted by Crippen LogP contribution is 2.35. The normalized spacial score (nSPS) is 14.9. The smallest absolute Gasteiger partial charge is 0.254 e. The molecule has 1 aliphatic heterocycles. The molecule has 0 saturated heterocycles. The summed E-state index contributed by atoms with van der Waals surface area (Å²) < 4.78 is 5.47. The third-order valence-corrected chi connectivity index (χ3v) is 5.51. The maximum absolute atomic E-state index is 13.2. The van der Waals surface area contributed by atoms with Crippen LogP contribution < -0.4 is 5.32 Å². The second-order valence-electron chi connectivity index (χ2n) is 8.80. The van der Waals surface area contributed by atoms with Crippen LogP contribution in [0.2, 0.25) is 0 Å². The highest BCUT2D eigenvalue weighted by molar-refractivity contribution is 6.00. The number of nitrogens with zero attached hydrogens (tertiary/aromatic N) is 1. The van der Waals surface area contributed by atoms with Crippen molar-refractivity contribution in [3.8, 4) is 11.1 Å². The number of methoxy groups -OCH3 is 1. The second-order valence-corrected chi connectivity index (χ2v) is 8.80. The minimum Gasteiger partial charge on any atom is -0.388 e. The summed E-state index contributed by atoms with van der Waals surface area (Å²) in [6.07, 6.45) is 2.00. The van der Waals surface area contributed by atoms with E-state index in [1.165, 1.54) is 0 Å². The molecule has 3 rings (SSSR count). The quantitative estimate of drug-likeness (QED) is 0.718. The highest BCUT2D eigenvalue weighted by Gasteiger charge is 2.34. The van der Waals surface area contributed by atoms with Crippen LogP contribution in [-0.4, -0.2) is 37.6 Å². The van der Waals surface area contributed by atoms with E-state index in [0.29, 0.717) is 13.2 Å². The zero-order chi connectivity index (χ0) is 20.3. The molecule has 1 atom stereocenters. The van der Waals surface area contributed by atoms with Gasteiger partial charge in [0.15, 0.2) is 0 Å². The highest BCUT2D eigenvalue weighted by atomic mass is 16.5. The standard InChI is InChI=1S/C24H32N2O2/c1-24(2,3)14-13-19(16-28-5)26-15-22-20(7-6-8-21(22)23(26)27)17-9-11-18(25-4)12-10-17/h6-12,19,25H,13-16H2,1-5H3. The van der Waals surface area contributed by atoms with Crippen LogP contribution in [0.1, 0.15) is 49.5 Å². The Bertz CT molecular complexity index is 821. The molecule has 1 amide bonds. The number of amides is 1. The maximum atomic E-state index is 13.2. The van der Waals surface area contributed by atoms with Gasteiger partial charge in [0.1, 0.15) is 0 Å². The number of hydrogen-bond acceptors (Lipinski definition) is 3. The fourth-order valence-electron chi connectivity index (χ4n) is 3.86. The third-order valence-electron chi connectivity index (χ3n) is 5.51. The molecule has 0 aromatic heterocycles. The average molecular weight is 381 g/mol. The van der Waals surface area contributed by atoms with Crippen LogP contribution in [0, 0.1) is 5.41 Å². The Morgan fingerprint density at radius 3 is 2.39 bits per heavy atom. The summed E-state index contributed by atoms with van der Waals surface area (Å²) in [4.78, 5) is 15.2. The van der Waals surface area contributed by atoms with Crippen LogP contribution in [-0.2, 0) is 11.3 Å².